The third-order valence-corrected chi connectivity index (χ3v) is 7.42. The first-order valence-corrected chi connectivity index (χ1v) is 12.5. The van der Waals surface area contributed by atoms with Crippen LogP contribution in [0, 0.1) is 12.3 Å². The third kappa shape index (κ3) is 4.26. The van der Waals surface area contributed by atoms with Crippen molar-refractivity contribution in [1.82, 2.24) is 19.3 Å². The summed E-state index contributed by atoms with van der Waals surface area (Å²) < 4.78 is 4.93. The molecule has 2 N–H and O–H groups in total. The summed E-state index contributed by atoms with van der Waals surface area (Å²) in [4.78, 5) is 23.4. The molecule has 3 aromatic rings. The Morgan fingerprint density at radius 1 is 1.22 bits per heavy atom. The SMILES string of the molecule is CC.CNSc1ccc(Nc2ncc3cc(Cl)c(=O)n(C4CCCC45CC5)c3n2)c(C)c1. The summed E-state index contributed by atoms with van der Waals surface area (Å²) in [7, 11) is 1.90. The number of nitrogens with one attached hydrogen (secondary N) is 2. The molecule has 2 aromatic heterocycles. The van der Waals surface area contributed by atoms with Crippen LogP contribution in [0.1, 0.15) is 57.6 Å². The number of benzene rings is 1. The number of hydrogen-bond acceptors (Lipinski definition) is 6. The van der Waals surface area contributed by atoms with E-state index in [1.807, 2.05) is 44.5 Å². The average Bonchev–Trinajstić information content (AvgIpc) is 3.46. The van der Waals surface area contributed by atoms with Gasteiger partial charge in [-0.2, -0.15) is 4.98 Å². The van der Waals surface area contributed by atoms with Crippen LogP contribution in [0.3, 0.4) is 0 Å². The molecule has 8 heteroatoms. The Bertz CT molecular complexity index is 1190. The van der Waals surface area contributed by atoms with Gasteiger partial charge in [0.15, 0.2) is 0 Å². The summed E-state index contributed by atoms with van der Waals surface area (Å²) in [6, 6.07) is 8.03. The number of hydrogen-bond donors (Lipinski definition) is 2. The monoisotopic (exact) mass is 471 g/mol. The molecule has 0 radical (unpaired) electrons. The van der Waals surface area contributed by atoms with Crippen LogP contribution in [0.2, 0.25) is 5.02 Å². The molecule has 0 aliphatic heterocycles. The highest BCUT2D eigenvalue weighted by Crippen LogP contribution is 2.63. The Labute approximate surface area is 198 Å². The number of halogens is 1. The van der Waals surface area contributed by atoms with Crippen molar-refractivity contribution in [3.8, 4) is 0 Å². The van der Waals surface area contributed by atoms with E-state index in [-0.39, 0.29) is 22.0 Å². The molecule has 170 valence electrons. The smallest absolute Gasteiger partial charge is 0.271 e. The van der Waals surface area contributed by atoms with Gasteiger partial charge in [0.1, 0.15) is 10.7 Å². The maximum Gasteiger partial charge on any atom is 0.271 e. The minimum Gasteiger partial charge on any atom is -0.324 e. The first-order chi connectivity index (χ1) is 15.5. The minimum atomic E-state index is -0.142. The Hall–Kier alpha value is -2.09. The van der Waals surface area contributed by atoms with Gasteiger partial charge in [0, 0.05) is 28.2 Å². The van der Waals surface area contributed by atoms with Crippen LogP contribution in [0.4, 0.5) is 11.6 Å². The van der Waals surface area contributed by atoms with Gasteiger partial charge in [0.2, 0.25) is 5.95 Å². The van der Waals surface area contributed by atoms with E-state index in [0.717, 1.165) is 34.4 Å². The number of aromatic nitrogens is 3. The quantitative estimate of drug-likeness (QED) is 0.428. The van der Waals surface area contributed by atoms with Crippen LogP contribution >= 0.6 is 23.5 Å². The lowest BCUT2D eigenvalue weighted by atomic mass is 10.00. The van der Waals surface area contributed by atoms with Crippen molar-refractivity contribution >= 4 is 46.2 Å². The molecule has 1 aromatic carbocycles. The molecule has 5 rings (SSSR count). The summed E-state index contributed by atoms with van der Waals surface area (Å²) in [6.45, 7) is 6.05. The molecule has 2 heterocycles. The molecule has 0 bridgehead atoms. The second-order valence-corrected chi connectivity index (χ2v) is 9.81. The molecular weight excluding hydrogens is 442 g/mol. The first kappa shape index (κ1) is 23.1. The summed E-state index contributed by atoms with van der Waals surface area (Å²) >= 11 is 7.88. The Kier molecular flexibility index (Phi) is 6.79. The topological polar surface area (TPSA) is 71.8 Å². The fraction of sp³-hybridized carbons (Fsp3) is 0.458. The molecule has 1 unspecified atom stereocenters. The maximum atomic E-state index is 13.0. The molecule has 0 saturated heterocycles. The standard InChI is InChI=1S/C22H24ClN5OS.C2H6/c1-13-10-15(30-24-2)5-6-17(13)26-21-25-12-14-11-16(23)20(29)28(19(14)27-21)18-4-3-7-22(18)8-9-22;1-2/h5-6,10-12,18,24H,3-4,7-9H2,1-2H3,(H,25,26,27);1-2H3. The fourth-order valence-corrected chi connectivity index (χ4v) is 5.60. The summed E-state index contributed by atoms with van der Waals surface area (Å²) in [5.41, 5.74) is 2.83. The van der Waals surface area contributed by atoms with Crippen molar-refractivity contribution in [2.45, 2.75) is 63.8 Å². The normalized spacial score (nSPS) is 18.5. The predicted molar refractivity (Wildman–Crippen MR) is 134 cm³/mol. The van der Waals surface area contributed by atoms with E-state index in [9.17, 15) is 4.79 Å². The van der Waals surface area contributed by atoms with Crippen LogP contribution in [0.5, 0.6) is 0 Å². The highest BCUT2D eigenvalue weighted by atomic mass is 35.5. The average molecular weight is 472 g/mol. The van der Waals surface area contributed by atoms with Crippen LogP contribution in [-0.4, -0.2) is 21.6 Å². The van der Waals surface area contributed by atoms with E-state index in [1.54, 1.807) is 24.2 Å². The second kappa shape index (κ2) is 9.41. The van der Waals surface area contributed by atoms with E-state index < -0.39 is 0 Å². The first-order valence-electron chi connectivity index (χ1n) is 11.3. The lowest BCUT2D eigenvalue weighted by molar-refractivity contribution is 0.358. The van der Waals surface area contributed by atoms with Gasteiger partial charge in [-0.05, 0) is 86.8 Å². The zero-order chi connectivity index (χ0) is 22.9. The molecule has 1 spiro atoms. The van der Waals surface area contributed by atoms with Gasteiger partial charge in [-0.3, -0.25) is 14.1 Å². The van der Waals surface area contributed by atoms with Crippen molar-refractivity contribution in [3.63, 3.8) is 0 Å². The number of pyridine rings is 1. The van der Waals surface area contributed by atoms with Gasteiger partial charge in [-0.15, -0.1) is 0 Å². The summed E-state index contributed by atoms with van der Waals surface area (Å²) in [5, 5.41) is 4.36. The summed E-state index contributed by atoms with van der Waals surface area (Å²) in [5.74, 6) is 0.484. The molecule has 0 amide bonds. The number of fused-ring (bicyclic) bond motifs is 1. The van der Waals surface area contributed by atoms with Crippen molar-refractivity contribution < 1.29 is 0 Å². The van der Waals surface area contributed by atoms with Gasteiger partial charge in [-0.1, -0.05) is 31.9 Å². The highest BCUT2D eigenvalue weighted by Gasteiger charge is 2.53. The maximum absolute atomic E-state index is 13.0. The predicted octanol–water partition coefficient (Wildman–Crippen LogP) is 6.25. The zero-order valence-corrected chi connectivity index (χ0v) is 20.6. The molecule has 2 aliphatic rings. The van der Waals surface area contributed by atoms with E-state index in [0.29, 0.717) is 11.6 Å². The van der Waals surface area contributed by atoms with Crippen LogP contribution in [0.25, 0.3) is 11.0 Å². The third-order valence-electron chi connectivity index (χ3n) is 6.46. The highest BCUT2D eigenvalue weighted by molar-refractivity contribution is 7.97. The molecule has 2 aliphatic carbocycles. The van der Waals surface area contributed by atoms with Crippen molar-refractivity contribution in [2.75, 3.05) is 12.4 Å². The van der Waals surface area contributed by atoms with Crippen molar-refractivity contribution in [2.24, 2.45) is 5.41 Å². The molecular formula is C24H30ClN5OS. The molecule has 1 atom stereocenters. The van der Waals surface area contributed by atoms with Crippen molar-refractivity contribution in [1.29, 1.82) is 0 Å². The Balaban J connectivity index is 0.00000119. The number of nitrogens with zero attached hydrogens (tertiary/aromatic N) is 3. The van der Waals surface area contributed by atoms with Gasteiger partial charge in [0.25, 0.3) is 5.56 Å². The van der Waals surface area contributed by atoms with E-state index in [1.165, 1.54) is 19.3 Å². The molecule has 2 fully saturated rings. The van der Waals surface area contributed by atoms with Crippen LogP contribution in [-0.2, 0) is 0 Å². The lowest BCUT2D eigenvalue weighted by Crippen LogP contribution is -2.29. The van der Waals surface area contributed by atoms with Gasteiger partial charge in [0.05, 0.1) is 0 Å². The second-order valence-electron chi connectivity index (χ2n) is 8.32. The van der Waals surface area contributed by atoms with Crippen molar-refractivity contribution in [3.05, 3.63) is 51.4 Å². The number of rotatable bonds is 5. The zero-order valence-electron chi connectivity index (χ0n) is 19.0. The summed E-state index contributed by atoms with van der Waals surface area (Å²) in [6.07, 6.45) is 7.46. The fourth-order valence-electron chi connectivity index (χ4n) is 4.78. The lowest BCUT2D eigenvalue weighted by Gasteiger charge is -2.23. The Morgan fingerprint density at radius 2 is 2.00 bits per heavy atom. The number of anilines is 2. The van der Waals surface area contributed by atoms with E-state index >= 15 is 0 Å². The minimum absolute atomic E-state index is 0.142. The molecule has 2 saturated carbocycles. The van der Waals surface area contributed by atoms with Gasteiger partial charge >= 0.3 is 0 Å². The van der Waals surface area contributed by atoms with Gasteiger partial charge in [-0.25, -0.2) is 4.98 Å². The largest absolute Gasteiger partial charge is 0.324 e. The Morgan fingerprint density at radius 3 is 2.69 bits per heavy atom. The van der Waals surface area contributed by atoms with Gasteiger partial charge < -0.3 is 5.32 Å². The van der Waals surface area contributed by atoms with E-state index in [4.69, 9.17) is 16.6 Å². The van der Waals surface area contributed by atoms with Crippen LogP contribution < -0.4 is 15.6 Å². The number of aryl methyl sites for hydroxylation is 1. The molecule has 32 heavy (non-hydrogen) atoms. The van der Waals surface area contributed by atoms with E-state index in [2.05, 4.69) is 21.1 Å². The molecule has 6 nitrogen and oxygen atoms in total. The van der Waals surface area contributed by atoms with Crippen LogP contribution in [0.15, 0.2) is 40.2 Å².